The Hall–Kier alpha value is -0.610. The number of hydrogen-bond donors (Lipinski definition) is 2. The van der Waals surface area contributed by atoms with Gasteiger partial charge >= 0.3 is 5.97 Å². The fourth-order valence-corrected chi connectivity index (χ4v) is 0.520. The zero-order valence-corrected chi connectivity index (χ0v) is 6.88. The number of ether oxygens (including phenoxy) is 1. The molecular formula is C7H16N2O2. The van der Waals surface area contributed by atoms with Gasteiger partial charge in [-0.05, 0) is 6.42 Å². The lowest BCUT2D eigenvalue weighted by Crippen LogP contribution is -2.39. The van der Waals surface area contributed by atoms with Gasteiger partial charge in [-0.25, -0.2) is 0 Å². The van der Waals surface area contributed by atoms with Crippen LogP contribution in [-0.4, -0.2) is 25.2 Å². The van der Waals surface area contributed by atoms with Crippen molar-refractivity contribution >= 4 is 5.97 Å². The summed E-state index contributed by atoms with van der Waals surface area (Å²) in [6.45, 7) is 2.62. The topological polar surface area (TPSA) is 78.3 Å². The number of esters is 1. The molecule has 66 valence electrons. The van der Waals surface area contributed by atoms with Crippen LogP contribution >= 0.6 is 0 Å². The van der Waals surface area contributed by atoms with Gasteiger partial charge in [0, 0.05) is 6.54 Å². The monoisotopic (exact) mass is 160 g/mol. The molecule has 0 heterocycles. The molecule has 0 saturated carbocycles. The first kappa shape index (κ1) is 10.4. The molecular weight excluding hydrogens is 144 g/mol. The number of carbonyl (C=O) groups excluding carboxylic acids is 1. The van der Waals surface area contributed by atoms with Gasteiger partial charge in [-0.15, -0.1) is 0 Å². The van der Waals surface area contributed by atoms with Gasteiger partial charge in [0.2, 0.25) is 0 Å². The molecule has 0 aliphatic heterocycles. The van der Waals surface area contributed by atoms with Crippen molar-refractivity contribution in [3.05, 3.63) is 0 Å². The molecule has 0 amide bonds. The molecule has 1 unspecified atom stereocenters. The molecule has 0 aliphatic rings. The van der Waals surface area contributed by atoms with E-state index in [1.807, 2.05) is 6.92 Å². The largest absolute Gasteiger partial charge is 0.464 e. The maximum Gasteiger partial charge on any atom is 0.324 e. The van der Waals surface area contributed by atoms with Crippen LogP contribution in [0.15, 0.2) is 0 Å². The molecule has 0 bridgehead atoms. The predicted molar refractivity (Wildman–Crippen MR) is 42.9 cm³/mol. The molecule has 4 nitrogen and oxygen atoms in total. The van der Waals surface area contributed by atoms with Crippen LogP contribution in [0.1, 0.15) is 19.8 Å². The van der Waals surface area contributed by atoms with Crippen LogP contribution in [0.2, 0.25) is 0 Å². The van der Waals surface area contributed by atoms with Gasteiger partial charge in [-0.3, -0.25) is 4.79 Å². The second kappa shape index (κ2) is 6.12. The maximum absolute atomic E-state index is 10.8. The molecule has 0 spiro atoms. The van der Waals surface area contributed by atoms with E-state index in [0.717, 1.165) is 12.8 Å². The molecule has 0 saturated heterocycles. The Morgan fingerprint density at radius 2 is 2.27 bits per heavy atom. The van der Waals surface area contributed by atoms with Crippen LogP contribution in [0.3, 0.4) is 0 Å². The number of unbranched alkanes of at least 4 members (excludes halogenated alkanes) is 1. The fraction of sp³-hybridized carbons (Fsp3) is 0.857. The normalized spacial score (nSPS) is 12.6. The Bertz CT molecular complexity index is 117. The summed E-state index contributed by atoms with van der Waals surface area (Å²) in [5.41, 5.74) is 10.5. The van der Waals surface area contributed by atoms with Crippen LogP contribution in [0, 0.1) is 0 Å². The highest BCUT2D eigenvalue weighted by Crippen LogP contribution is 1.90. The SMILES string of the molecule is CCCCOC(=O)C(N)CN. The van der Waals surface area contributed by atoms with Crippen molar-refractivity contribution in [3.63, 3.8) is 0 Å². The lowest BCUT2D eigenvalue weighted by molar-refractivity contribution is -0.145. The van der Waals surface area contributed by atoms with E-state index in [1.54, 1.807) is 0 Å². The van der Waals surface area contributed by atoms with Crippen LogP contribution in [-0.2, 0) is 9.53 Å². The first-order chi connectivity index (χ1) is 5.22. The minimum absolute atomic E-state index is 0.144. The fourth-order valence-electron chi connectivity index (χ4n) is 0.520. The third-order valence-electron chi connectivity index (χ3n) is 1.30. The number of hydrogen-bond acceptors (Lipinski definition) is 4. The average molecular weight is 160 g/mol. The zero-order valence-electron chi connectivity index (χ0n) is 6.88. The second-order valence-electron chi connectivity index (χ2n) is 2.36. The Labute approximate surface area is 66.9 Å². The molecule has 0 aromatic rings. The van der Waals surface area contributed by atoms with E-state index in [1.165, 1.54) is 0 Å². The van der Waals surface area contributed by atoms with Gasteiger partial charge in [-0.1, -0.05) is 13.3 Å². The molecule has 0 rings (SSSR count). The first-order valence-corrected chi connectivity index (χ1v) is 3.84. The van der Waals surface area contributed by atoms with Crippen molar-refractivity contribution in [3.8, 4) is 0 Å². The van der Waals surface area contributed by atoms with Gasteiger partial charge in [0.15, 0.2) is 0 Å². The van der Waals surface area contributed by atoms with E-state index in [4.69, 9.17) is 16.2 Å². The molecule has 0 fully saturated rings. The van der Waals surface area contributed by atoms with E-state index in [2.05, 4.69) is 0 Å². The summed E-state index contributed by atoms with van der Waals surface area (Å²) in [6, 6.07) is -0.660. The van der Waals surface area contributed by atoms with Gasteiger partial charge in [0.25, 0.3) is 0 Å². The molecule has 11 heavy (non-hydrogen) atoms. The van der Waals surface area contributed by atoms with Gasteiger partial charge in [0.1, 0.15) is 6.04 Å². The lowest BCUT2D eigenvalue weighted by atomic mass is 10.3. The lowest BCUT2D eigenvalue weighted by Gasteiger charge is -2.07. The molecule has 0 aromatic heterocycles. The Balaban J connectivity index is 3.36. The Kier molecular flexibility index (Phi) is 5.78. The van der Waals surface area contributed by atoms with Crippen LogP contribution in [0.25, 0.3) is 0 Å². The summed E-state index contributed by atoms with van der Waals surface area (Å²) < 4.78 is 4.79. The van der Waals surface area contributed by atoms with Gasteiger partial charge in [0.05, 0.1) is 6.61 Å². The van der Waals surface area contributed by atoms with Crippen molar-refractivity contribution in [1.29, 1.82) is 0 Å². The highest BCUT2D eigenvalue weighted by molar-refractivity contribution is 5.75. The first-order valence-electron chi connectivity index (χ1n) is 3.84. The number of rotatable bonds is 5. The highest BCUT2D eigenvalue weighted by atomic mass is 16.5. The summed E-state index contributed by atoms with van der Waals surface area (Å²) in [7, 11) is 0. The molecule has 1 atom stereocenters. The minimum atomic E-state index is -0.660. The molecule has 0 aliphatic carbocycles. The van der Waals surface area contributed by atoms with E-state index in [9.17, 15) is 4.79 Å². The molecule has 4 heteroatoms. The van der Waals surface area contributed by atoms with Crippen LogP contribution in [0.4, 0.5) is 0 Å². The molecule has 4 N–H and O–H groups in total. The number of nitrogens with two attached hydrogens (primary N) is 2. The summed E-state index contributed by atoms with van der Waals surface area (Å²) in [5, 5.41) is 0. The Morgan fingerprint density at radius 3 is 2.73 bits per heavy atom. The summed E-state index contributed by atoms with van der Waals surface area (Å²) in [5.74, 6) is -0.402. The average Bonchev–Trinajstić information content (AvgIpc) is 2.03. The van der Waals surface area contributed by atoms with Crippen molar-refractivity contribution in [1.82, 2.24) is 0 Å². The summed E-state index contributed by atoms with van der Waals surface area (Å²) >= 11 is 0. The van der Waals surface area contributed by atoms with E-state index < -0.39 is 12.0 Å². The quantitative estimate of drug-likeness (QED) is 0.424. The summed E-state index contributed by atoms with van der Waals surface area (Å²) in [4.78, 5) is 10.8. The summed E-state index contributed by atoms with van der Waals surface area (Å²) in [6.07, 6.45) is 1.88. The van der Waals surface area contributed by atoms with Crippen molar-refractivity contribution < 1.29 is 9.53 Å². The van der Waals surface area contributed by atoms with E-state index >= 15 is 0 Å². The maximum atomic E-state index is 10.8. The third-order valence-corrected chi connectivity index (χ3v) is 1.30. The van der Waals surface area contributed by atoms with Crippen LogP contribution < -0.4 is 11.5 Å². The van der Waals surface area contributed by atoms with Gasteiger partial charge in [-0.2, -0.15) is 0 Å². The van der Waals surface area contributed by atoms with Crippen molar-refractivity contribution in [2.75, 3.05) is 13.2 Å². The van der Waals surface area contributed by atoms with Crippen LogP contribution in [0.5, 0.6) is 0 Å². The second-order valence-corrected chi connectivity index (χ2v) is 2.36. The molecule has 0 aromatic carbocycles. The minimum Gasteiger partial charge on any atom is -0.464 e. The van der Waals surface area contributed by atoms with E-state index in [-0.39, 0.29) is 6.54 Å². The number of carbonyl (C=O) groups is 1. The Morgan fingerprint density at radius 1 is 1.64 bits per heavy atom. The third kappa shape index (κ3) is 4.75. The highest BCUT2D eigenvalue weighted by Gasteiger charge is 2.11. The standard InChI is InChI=1S/C7H16N2O2/c1-2-3-4-11-7(10)6(9)5-8/h6H,2-5,8-9H2,1H3. The molecule has 0 radical (unpaired) electrons. The van der Waals surface area contributed by atoms with Crippen molar-refractivity contribution in [2.24, 2.45) is 11.5 Å². The smallest absolute Gasteiger partial charge is 0.324 e. The zero-order chi connectivity index (χ0) is 8.69. The predicted octanol–water partition coefficient (Wildman–Crippen LogP) is -0.384. The van der Waals surface area contributed by atoms with Crippen molar-refractivity contribution in [2.45, 2.75) is 25.8 Å². The van der Waals surface area contributed by atoms with Gasteiger partial charge < -0.3 is 16.2 Å². The van der Waals surface area contributed by atoms with E-state index in [0.29, 0.717) is 6.61 Å².